The van der Waals surface area contributed by atoms with E-state index in [1.165, 1.54) is 32.0 Å². The maximum Gasteiger partial charge on any atom is 0.272 e. The van der Waals surface area contributed by atoms with E-state index in [0.717, 1.165) is 38.5 Å². The quantitative estimate of drug-likeness (QED) is 0.915. The van der Waals surface area contributed by atoms with Crippen molar-refractivity contribution in [2.75, 3.05) is 38.0 Å². The average molecular weight is 303 g/mol. The topological polar surface area (TPSA) is 61.4 Å². The van der Waals surface area contributed by atoms with Gasteiger partial charge in [-0.1, -0.05) is 19.8 Å². The monoisotopic (exact) mass is 303 g/mol. The fourth-order valence-electron chi connectivity index (χ4n) is 3.26. The van der Waals surface area contributed by atoms with Crippen molar-refractivity contribution in [3.05, 3.63) is 18.1 Å². The first-order valence-corrected chi connectivity index (χ1v) is 8.36. The highest BCUT2D eigenvalue weighted by atomic mass is 16.2. The van der Waals surface area contributed by atoms with Crippen LogP contribution < -0.4 is 5.32 Å². The van der Waals surface area contributed by atoms with Gasteiger partial charge in [0.1, 0.15) is 17.8 Å². The summed E-state index contributed by atoms with van der Waals surface area (Å²) in [4.78, 5) is 25.3. The number of amides is 1. The minimum absolute atomic E-state index is 0.0209. The zero-order chi connectivity index (χ0) is 15.4. The lowest BCUT2D eigenvalue weighted by Gasteiger charge is -2.33. The van der Waals surface area contributed by atoms with Gasteiger partial charge < -0.3 is 15.1 Å². The van der Waals surface area contributed by atoms with Gasteiger partial charge in [-0.2, -0.15) is 0 Å². The Hall–Kier alpha value is -1.69. The van der Waals surface area contributed by atoms with Crippen molar-refractivity contribution in [3.8, 4) is 0 Å². The van der Waals surface area contributed by atoms with E-state index in [0.29, 0.717) is 11.7 Å². The zero-order valence-corrected chi connectivity index (χ0v) is 13.3. The molecule has 1 saturated carbocycles. The summed E-state index contributed by atoms with van der Waals surface area (Å²) in [5.41, 5.74) is 0.500. The third-order valence-electron chi connectivity index (χ3n) is 4.70. The summed E-state index contributed by atoms with van der Waals surface area (Å²) in [5.74, 6) is 0.796. The second-order valence-corrected chi connectivity index (χ2v) is 6.14. The smallest absolute Gasteiger partial charge is 0.272 e. The summed E-state index contributed by atoms with van der Waals surface area (Å²) in [6.45, 7) is 6.65. The Balaban J connectivity index is 1.62. The van der Waals surface area contributed by atoms with Gasteiger partial charge in [-0.3, -0.25) is 4.79 Å². The number of likely N-dealkylation sites (N-methyl/N-ethyl adjacent to an activating group) is 1. The number of piperazine rings is 1. The highest BCUT2D eigenvalue weighted by Crippen LogP contribution is 2.21. The normalized spacial score (nSPS) is 20.3. The second kappa shape index (κ2) is 7.05. The molecule has 1 saturated heterocycles. The maximum absolute atomic E-state index is 12.6. The zero-order valence-electron chi connectivity index (χ0n) is 13.3. The molecule has 120 valence electrons. The molecular weight excluding hydrogens is 278 g/mol. The number of nitrogens with one attached hydrogen (secondary N) is 1. The van der Waals surface area contributed by atoms with E-state index in [1.807, 2.05) is 4.90 Å². The van der Waals surface area contributed by atoms with E-state index in [9.17, 15) is 4.79 Å². The number of hydrogen-bond donors (Lipinski definition) is 1. The molecular formula is C16H25N5O. The Morgan fingerprint density at radius 2 is 1.95 bits per heavy atom. The third-order valence-corrected chi connectivity index (χ3v) is 4.70. The molecule has 0 radical (unpaired) electrons. The molecule has 0 spiro atoms. The van der Waals surface area contributed by atoms with Crippen LogP contribution in [0.25, 0.3) is 0 Å². The molecule has 0 atom stereocenters. The van der Waals surface area contributed by atoms with Crippen molar-refractivity contribution in [1.29, 1.82) is 0 Å². The molecule has 2 aliphatic rings. The van der Waals surface area contributed by atoms with E-state index >= 15 is 0 Å². The highest BCUT2D eigenvalue weighted by molar-refractivity contribution is 5.93. The van der Waals surface area contributed by atoms with Crippen LogP contribution in [0.3, 0.4) is 0 Å². The van der Waals surface area contributed by atoms with Gasteiger partial charge in [-0.15, -0.1) is 0 Å². The van der Waals surface area contributed by atoms with Gasteiger partial charge in [-0.25, -0.2) is 9.97 Å². The Labute approximate surface area is 131 Å². The Bertz CT molecular complexity index is 507. The Kier molecular flexibility index (Phi) is 4.87. The van der Waals surface area contributed by atoms with Crippen LogP contribution in [-0.2, 0) is 0 Å². The number of carbonyl (C=O) groups is 1. The Morgan fingerprint density at radius 3 is 2.64 bits per heavy atom. The molecule has 1 aliphatic carbocycles. The third kappa shape index (κ3) is 3.55. The van der Waals surface area contributed by atoms with Gasteiger partial charge in [0.25, 0.3) is 5.91 Å². The summed E-state index contributed by atoms with van der Waals surface area (Å²) in [6.07, 6.45) is 6.41. The van der Waals surface area contributed by atoms with Gasteiger partial charge in [0.2, 0.25) is 0 Å². The molecule has 1 aliphatic heterocycles. The largest absolute Gasteiger partial charge is 0.367 e. The number of carbonyl (C=O) groups excluding carboxylic acids is 1. The molecule has 1 aromatic heterocycles. The van der Waals surface area contributed by atoms with Gasteiger partial charge in [-0.05, 0) is 19.4 Å². The van der Waals surface area contributed by atoms with Crippen LogP contribution in [0.2, 0.25) is 0 Å². The number of aromatic nitrogens is 2. The van der Waals surface area contributed by atoms with Gasteiger partial charge in [0.05, 0.1) is 0 Å². The molecule has 6 heteroatoms. The van der Waals surface area contributed by atoms with Crippen molar-refractivity contribution in [3.63, 3.8) is 0 Å². The molecule has 1 aromatic rings. The van der Waals surface area contributed by atoms with E-state index < -0.39 is 0 Å². The van der Waals surface area contributed by atoms with Gasteiger partial charge in [0, 0.05) is 38.3 Å². The lowest BCUT2D eigenvalue weighted by molar-refractivity contribution is 0.0637. The van der Waals surface area contributed by atoms with Gasteiger partial charge >= 0.3 is 0 Å². The molecule has 6 nitrogen and oxygen atoms in total. The standard InChI is InChI=1S/C16H25N5O/c1-2-20-7-9-21(10-8-20)16(22)14-11-15(18-12-17-14)19-13-5-3-4-6-13/h11-13H,2-10H2,1H3,(H,17,18,19). The van der Waals surface area contributed by atoms with Crippen molar-refractivity contribution in [2.45, 2.75) is 38.6 Å². The Morgan fingerprint density at radius 1 is 1.23 bits per heavy atom. The van der Waals surface area contributed by atoms with Crippen molar-refractivity contribution in [1.82, 2.24) is 19.8 Å². The summed E-state index contributed by atoms with van der Waals surface area (Å²) < 4.78 is 0. The van der Waals surface area contributed by atoms with Crippen molar-refractivity contribution < 1.29 is 4.79 Å². The number of nitrogens with zero attached hydrogens (tertiary/aromatic N) is 4. The molecule has 1 amide bonds. The SMILES string of the molecule is CCN1CCN(C(=O)c2cc(NC3CCCC3)ncn2)CC1. The lowest BCUT2D eigenvalue weighted by Crippen LogP contribution is -2.48. The molecule has 22 heavy (non-hydrogen) atoms. The predicted molar refractivity (Wildman–Crippen MR) is 85.9 cm³/mol. The van der Waals surface area contributed by atoms with Crippen LogP contribution in [0.5, 0.6) is 0 Å². The molecule has 2 heterocycles. The summed E-state index contributed by atoms with van der Waals surface area (Å²) in [6, 6.07) is 2.29. The van der Waals surface area contributed by atoms with Crippen molar-refractivity contribution in [2.24, 2.45) is 0 Å². The second-order valence-electron chi connectivity index (χ2n) is 6.14. The van der Waals surface area contributed by atoms with E-state index in [4.69, 9.17) is 0 Å². The molecule has 0 bridgehead atoms. The van der Waals surface area contributed by atoms with E-state index in [1.54, 1.807) is 6.07 Å². The van der Waals surface area contributed by atoms with Crippen LogP contribution in [0.15, 0.2) is 12.4 Å². The minimum atomic E-state index is 0.0209. The summed E-state index contributed by atoms with van der Waals surface area (Å²) in [7, 11) is 0. The molecule has 0 aromatic carbocycles. The summed E-state index contributed by atoms with van der Waals surface area (Å²) in [5, 5.41) is 3.43. The summed E-state index contributed by atoms with van der Waals surface area (Å²) >= 11 is 0. The first-order chi connectivity index (χ1) is 10.8. The van der Waals surface area contributed by atoms with Crippen LogP contribution >= 0.6 is 0 Å². The predicted octanol–water partition coefficient (Wildman–Crippen LogP) is 1.61. The number of anilines is 1. The van der Waals surface area contributed by atoms with E-state index in [-0.39, 0.29) is 5.91 Å². The van der Waals surface area contributed by atoms with Crippen LogP contribution in [0, 0.1) is 0 Å². The fourth-order valence-corrected chi connectivity index (χ4v) is 3.26. The van der Waals surface area contributed by atoms with Crippen LogP contribution in [0.4, 0.5) is 5.82 Å². The number of hydrogen-bond acceptors (Lipinski definition) is 5. The van der Waals surface area contributed by atoms with Crippen LogP contribution in [0.1, 0.15) is 43.1 Å². The fraction of sp³-hybridized carbons (Fsp3) is 0.688. The number of rotatable bonds is 4. The minimum Gasteiger partial charge on any atom is -0.367 e. The molecule has 1 N–H and O–H groups in total. The maximum atomic E-state index is 12.6. The molecule has 3 rings (SSSR count). The van der Waals surface area contributed by atoms with E-state index in [2.05, 4.69) is 27.1 Å². The lowest BCUT2D eigenvalue weighted by atomic mass is 10.2. The van der Waals surface area contributed by atoms with Gasteiger partial charge in [0.15, 0.2) is 0 Å². The first-order valence-electron chi connectivity index (χ1n) is 8.36. The molecule has 0 unspecified atom stereocenters. The highest BCUT2D eigenvalue weighted by Gasteiger charge is 2.23. The average Bonchev–Trinajstić information content (AvgIpc) is 3.07. The van der Waals surface area contributed by atoms with Crippen LogP contribution in [-0.4, -0.2) is 64.4 Å². The first kappa shape index (κ1) is 15.2. The van der Waals surface area contributed by atoms with Crippen molar-refractivity contribution >= 4 is 11.7 Å². The molecule has 2 fully saturated rings.